The Kier molecular flexibility index (Phi) is 25.4. The van der Waals surface area contributed by atoms with Crippen molar-refractivity contribution in [2.75, 3.05) is 0 Å². The van der Waals surface area contributed by atoms with Crippen LogP contribution in [0.1, 0.15) is 65.2 Å². The van der Waals surface area contributed by atoms with Gasteiger partial charge in [0.2, 0.25) is 0 Å². The fourth-order valence-electron chi connectivity index (χ4n) is 1.21. The van der Waals surface area contributed by atoms with Gasteiger partial charge in [0.25, 0.3) is 0 Å². The van der Waals surface area contributed by atoms with Crippen molar-refractivity contribution in [3.8, 4) is 0 Å². The quantitative estimate of drug-likeness (QED) is 0.575. The molecule has 0 unspecified atom stereocenters. The number of hydrogen-bond acceptors (Lipinski definition) is 1. The Bertz CT molecular complexity index is 49.8. The van der Waals surface area contributed by atoms with Crippen molar-refractivity contribution in [3.05, 3.63) is 0 Å². The first-order chi connectivity index (χ1) is 4.91. The van der Waals surface area contributed by atoms with Crippen molar-refractivity contribution in [2.45, 2.75) is 65.2 Å². The van der Waals surface area contributed by atoms with Crippen LogP contribution in [0.3, 0.4) is 0 Å². The highest BCUT2D eigenvalue weighted by Crippen LogP contribution is 2.07. The molecule has 0 atom stereocenters. The number of halogens is 1. The molecule has 0 amide bonds. The molecular formula is C10H26FN. The molecule has 0 saturated heterocycles. The molecule has 0 saturated carbocycles. The Morgan fingerprint density at radius 1 is 0.583 bits per heavy atom. The van der Waals surface area contributed by atoms with E-state index in [1.165, 1.54) is 51.4 Å². The van der Waals surface area contributed by atoms with Crippen molar-refractivity contribution < 1.29 is 4.70 Å². The van der Waals surface area contributed by atoms with E-state index in [-0.39, 0.29) is 10.9 Å². The molecule has 0 aromatic heterocycles. The smallest absolute Gasteiger partial charge is 0.0533 e. The minimum absolute atomic E-state index is 0. The SMILES string of the molecule is CCCCCCCCCC.F.N. The molecule has 0 aliphatic heterocycles. The second-order valence-corrected chi connectivity index (χ2v) is 3.12. The average Bonchev–Trinajstić information content (AvgIpc) is 1.97. The third kappa shape index (κ3) is 16.5. The average molecular weight is 179 g/mol. The molecule has 0 radical (unpaired) electrons. The van der Waals surface area contributed by atoms with E-state index in [0.717, 1.165) is 0 Å². The minimum Gasteiger partial charge on any atom is -0.344 e. The summed E-state index contributed by atoms with van der Waals surface area (Å²) in [4.78, 5) is 0. The third-order valence-corrected chi connectivity index (χ3v) is 1.96. The lowest BCUT2D eigenvalue weighted by Gasteiger charge is -1.97. The van der Waals surface area contributed by atoms with Gasteiger partial charge in [-0.15, -0.1) is 0 Å². The zero-order valence-electron chi connectivity index (χ0n) is 8.77. The minimum atomic E-state index is 0. The maximum Gasteiger partial charge on any atom is -0.0533 e. The fourth-order valence-corrected chi connectivity index (χ4v) is 1.21. The van der Waals surface area contributed by atoms with E-state index in [1.54, 1.807) is 0 Å². The maximum atomic E-state index is 2.27. The van der Waals surface area contributed by atoms with Crippen LogP contribution in [-0.4, -0.2) is 0 Å². The van der Waals surface area contributed by atoms with Crippen LogP contribution in [0.5, 0.6) is 0 Å². The highest BCUT2D eigenvalue weighted by Gasteiger charge is 1.87. The first-order valence-electron chi connectivity index (χ1n) is 4.91. The summed E-state index contributed by atoms with van der Waals surface area (Å²) in [5, 5.41) is 0. The van der Waals surface area contributed by atoms with E-state index in [4.69, 9.17) is 0 Å². The summed E-state index contributed by atoms with van der Waals surface area (Å²) < 4.78 is 0. The summed E-state index contributed by atoms with van der Waals surface area (Å²) in [7, 11) is 0. The van der Waals surface area contributed by atoms with Gasteiger partial charge in [0, 0.05) is 0 Å². The van der Waals surface area contributed by atoms with E-state index < -0.39 is 0 Å². The molecule has 0 aliphatic carbocycles. The van der Waals surface area contributed by atoms with Crippen LogP contribution < -0.4 is 6.15 Å². The van der Waals surface area contributed by atoms with Gasteiger partial charge in [-0.25, -0.2) is 0 Å². The number of rotatable bonds is 7. The van der Waals surface area contributed by atoms with Crippen molar-refractivity contribution >= 4 is 0 Å². The topological polar surface area (TPSA) is 35.0 Å². The van der Waals surface area contributed by atoms with Crippen molar-refractivity contribution in [3.63, 3.8) is 0 Å². The number of hydrogen-bond donors (Lipinski definition) is 1. The van der Waals surface area contributed by atoms with Crippen molar-refractivity contribution in [2.24, 2.45) is 0 Å². The summed E-state index contributed by atoms with van der Waals surface area (Å²) in [6, 6.07) is 0. The Hall–Kier alpha value is -0.110. The van der Waals surface area contributed by atoms with Gasteiger partial charge in [-0.3, -0.25) is 4.70 Å². The molecule has 0 heterocycles. The predicted octanol–water partition coefficient (Wildman–Crippen LogP) is 4.46. The second kappa shape index (κ2) is 17.1. The lowest BCUT2D eigenvalue weighted by atomic mass is 10.1. The molecule has 0 bridgehead atoms. The first-order valence-corrected chi connectivity index (χ1v) is 4.91. The summed E-state index contributed by atoms with van der Waals surface area (Å²) >= 11 is 0. The molecular weight excluding hydrogens is 153 g/mol. The second-order valence-electron chi connectivity index (χ2n) is 3.12. The lowest BCUT2D eigenvalue weighted by Crippen LogP contribution is -1.77. The van der Waals surface area contributed by atoms with Gasteiger partial charge in [-0.1, -0.05) is 65.2 Å². The lowest BCUT2D eigenvalue weighted by molar-refractivity contribution is 0.585. The Balaban J connectivity index is -0.000000405. The van der Waals surface area contributed by atoms with Crippen LogP contribution in [-0.2, 0) is 0 Å². The van der Waals surface area contributed by atoms with Gasteiger partial charge in [0.1, 0.15) is 0 Å². The molecule has 0 aliphatic rings. The Labute approximate surface area is 76.9 Å². The highest BCUT2D eigenvalue weighted by atomic mass is 19.0. The van der Waals surface area contributed by atoms with E-state index >= 15 is 0 Å². The van der Waals surface area contributed by atoms with E-state index in [2.05, 4.69) is 13.8 Å². The van der Waals surface area contributed by atoms with Gasteiger partial charge < -0.3 is 6.15 Å². The molecule has 1 nitrogen and oxygen atoms in total. The monoisotopic (exact) mass is 179 g/mol. The first kappa shape index (κ1) is 17.8. The van der Waals surface area contributed by atoms with Crippen LogP contribution in [0, 0.1) is 0 Å². The zero-order chi connectivity index (χ0) is 7.66. The molecule has 0 spiro atoms. The zero-order valence-corrected chi connectivity index (χ0v) is 8.77. The molecule has 3 N–H and O–H groups in total. The fraction of sp³-hybridized carbons (Fsp3) is 1.00. The predicted molar refractivity (Wildman–Crippen MR) is 55.8 cm³/mol. The molecule has 0 aromatic rings. The van der Waals surface area contributed by atoms with Crippen LogP contribution >= 0.6 is 0 Å². The Morgan fingerprint density at radius 3 is 1.08 bits per heavy atom. The van der Waals surface area contributed by atoms with Crippen LogP contribution in [0.15, 0.2) is 0 Å². The molecule has 0 aromatic carbocycles. The summed E-state index contributed by atoms with van der Waals surface area (Å²) in [6.45, 7) is 4.54. The highest BCUT2D eigenvalue weighted by molar-refractivity contribution is 4.43. The van der Waals surface area contributed by atoms with E-state index in [0.29, 0.717) is 0 Å². The Morgan fingerprint density at radius 2 is 0.833 bits per heavy atom. The molecule has 0 rings (SSSR count). The van der Waals surface area contributed by atoms with E-state index in [1.807, 2.05) is 0 Å². The molecule has 2 heteroatoms. The molecule has 0 fully saturated rings. The standard InChI is InChI=1S/C10H22.FH.H3N/c1-3-5-7-9-10-8-6-4-2;;/h3-10H2,1-2H3;1H;1H3. The van der Waals surface area contributed by atoms with Crippen LogP contribution in [0.25, 0.3) is 0 Å². The summed E-state index contributed by atoms with van der Waals surface area (Å²) in [5.74, 6) is 0. The van der Waals surface area contributed by atoms with Crippen LogP contribution in [0.4, 0.5) is 4.70 Å². The molecule has 12 heavy (non-hydrogen) atoms. The molecule has 78 valence electrons. The van der Waals surface area contributed by atoms with Gasteiger partial charge in [0.05, 0.1) is 0 Å². The van der Waals surface area contributed by atoms with Crippen molar-refractivity contribution in [1.82, 2.24) is 6.15 Å². The van der Waals surface area contributed by atoms with Gasteiger partial charge >= 0.3 is 0 Å². The van der Waals surface area contributed by atoms with Gasteiger partial charge in [-0.2, -0.15) is 0 Å². The normalized spacial score (nSPS) is 8.50. The van der Waals surface area contributed by atoms with Gasteiger partial charge in [0.15, 0.2) is 0 Å². The maximum absolute atomic E-state index is 2.27. The van der Waals surface area contributed by atoms with Crippen molar-refractivity contribution in [1.29, 1.82) is 0 Å². The van der Waals surface area contributed by atoms with Crippen LogP contribution in [0.2, 0.25) is 0 Å². The largest absolute Gasteiger partial charge is 0.344 e. The summed E-state index contributed by atoms with van der Waals surface area (Å²) in [6.07, 6.45) is 11.5. The third-order valence-electron chi connectivity index (χ3n) is 1.96. The van der Waals surface area contributed by atoms with E-state index in [9.17, 15) is 0 Å². The summed E-state index contributed by atoms with van der Waals surface area (Å²) in [5.41, 5.74) is 0. The number of unbranched alkanes of at least 4 members (excludes halogenated alkanes) is 7. The van der Waals surface area contributed by atoms with Gasteiger partial charge in [-0.05, 0) is 0 Å².